The Morgan fingerprint density at radius 2 is 1.88 bits per heavy atom. The highest BCUT2D eigenvalue weighted by Gasteiger charge is 2.20. The van der Waals surface area contributed by atoms with Gasteiger partial charge in [0, 0.05) is 0 Å². The molecule has 25 heavy (non-hydrogen) atoms. The molecule has 5 nitrogen and oxygen atoms in total. The predicted octanol–water partition coefficient (Wildman–Crippen LogP) is 3.05. The maximum Gasteiger partial charge on any atom is 0.266 e. The molecule has 1 aromatic heterocycles. The van der Waals surface area contributed by atoms with Crippen molar-refractivity contribution < 1.29 is 4.79 Å². The van der Waals surface area contributed by atoms with E-state index < -0.39 is 11.2 Å². The van der Waals surface area contributed by atoms with Gasteiger partial charge >= 0.3 is 0 Å². The number of carbonyl (C=O) groups is 1. The van der Waals surface area contributed by atoms with Crippen molar-refractivity contribution in [2.24, 2.45) is 5.73 Å². The van der Waals surface area contributed by atoms with E-state index >= 15 is 0 Å². The summed E-state index contributed by atoms with van der Waals surface area (Å²) in [6.45, 7) is 3.87. The van der Waals surface area contributed by atoms with Crippen LogP contribution in [-0.4, -0.2) is 20.7 Å². The molecule has 0 aliphatic rings. The van der Waals surface area contributed by atoms with E-state index in [1.54, 1.807) is 16.7 Å². The fourth-order valence-corrected chi connectivity index (χ4v) is 3.56. The summed E-state index contributed by atoms with van der Waals surface area (Å²) in [6, 6.07) is 14.8. The van der Waals surface area contributed by atoms with E-state index in [9.17, 15) is 9.59 Å². The molecule has 1 atom stereocenters. The Balaban J connectivity index is 2.25. The van der Waals surface area contributed by atoms with Crippen LogP contribution < -0.4 is 11.3 Å². The summed E-state index contributed by atoms with van der Waals surface area (Å²) < 4.78 is 1.55. The molecule has 3 rings (SSSR count). The first-order valence-corrected chi connectivity index (χ1v) is 8.94. The highest BCUT2D eigenvalue weighted by atomic mass is 32.2. The van der Waals surface area contributed by atoms with Gasteiger partial charge in [-0.25, -0.2) is 4.98 Å². The number of hydrogen-bond donors (Lipinski definition) is 1. The van der Waals surface area contributed by atoms with Crippen LogP contribution in [0, 0.1) is 6.92 Å². The number of nitrogens with zero attached hydrogens (tertiary/aromatic N) is 2. The van der Waals surface area contributed by atoms with Crippen LogP contribution in [0.2, 0.25) is 0 Å². The van der Waals surface area contributed by atoms with Gasteiger partial charge in [0.2, 0.25) is 5.91 Å². The van der Waals surface area contributed by atoms with Crippen molar-refractivity contribution in [2.75, 3.05) is 0 Å². The summed E-state index contributed by atoms with van der Waals surface area (Å²) in [7, 11) is 0. The Bertz CT molecular complexity index is 980. The summed E-state index contributed by atoms with van der Waals surface area (Å²) in [6.07, 6.45) is 0.566. The molecule has 0 radical (unpaired) electrons. The van der Waals surface area contributed by atoms with Gasteiger partial charge in [0.15, 0.2) is 5.16 Å². The number of benzene rings is 2. The Morgan fingerprint density at radius 1 is 1.20 bits per heavy atom. The first-order chi connectivity index (χ1) is 12.0. The molecule has 0 bridgehead atoms. The first kappa shape index (κ1) is 17.2. The fraction of sp³-hybridized carbons (Fsp3) is 0.211. The van der Waals surface area contributed by atoms with Gasteiger partial charge in [-0.2, -0.15) is 0 Å². The smallest absolute Gasteiger partial charge is 0.266 e. The maximum absolute atomic E-state index is 13.1. The Morgan fingerprint density at radius 3 is 2.52 bits per heavy atom. The van der Waals surface area contributed by atoms with Crippen LogP contribution in [0.1, 0.15) is 18.9 Å². The Hall–Kier alpha value is -2.60. The van der Waals surface area contributed by atoms with Crippen molar-refractivity contribution in [1.29, 1.82) is 0 Å². The van der Waals surface area contributed by atoms with E-state index in [0.29, 0.717) is 22.5 Å². The number of nitrogens with two attached hydrogens (primary N) is 1. The standard InChI is InChI=1S/C19H19N3O2S/c1-3-16(17(20)23)25-19-21-15-7-5-4-6-14(15)18(24)22(19)13-10-8-12(2)9-11-13/h4-11,16H,3H2,1-2H3,(H2,20,23). The summed E-state index contributed by atoms with van der Waals surface area (Å²) >= 11 is 1.23. The Kier molecular flexibility index (Phi) is 4.90. The molecule has 0 saturated carbocycles. The molecule has 0 fully saturated rings. The number of primary amides is 1. The molecule has 6 heteroatoms. The van der Waals surface area contributed by atoms with Crippen molar-refractivity contribution in [1.82, 2.24) is 9.55 Å². The van der Waals surface area contributed by atoms with Crippen LogP contribution in [0.4, 0.5) is 0 Å². The molecule has 2 aromatic carbocycles. The lowest BCUT2D eigenvalue weighted by Gasteiger charge is -2.16. The van der Waals surface area contributed by atoms with Crippen molar-refractivity contribution in [3.8, 4) is 5.69 Å². The summed E-state index contributed by atoms with van der Waals surface area (Å²) in [5, 5.41) is 0.572. The predicted molar refractivity (Wildman–Crippen MR) is 101 cm³/mol. The molecule has 2 N–H and O–H groups in total. The summed E-state index contributed by atoms with van der Waals surface area (Å²) in [5.74, 6) is -0.412. The second kappa shape index (κ2) is 7.11. The SMILES string of the molecule is CCC(Sc1nc2ccccc2c(=O)n1-c1ccc(C)cc1)C(N)=O. The van der Waals surface area contributed by atoms with Crippen molar-refractivity contribution >= 4 is 28.6 Å². The van der Waals surface area contributed by atoms with Crippen LogP contribution in [-0.2, 0) is 4.79 Å². The highest BCUT2D eigenvalue weighted by molar-refractivity contribution is 8.00. The second-order valence-corrected chi connectivity index (χ2v) is 6.97. The van der Waals surface area contributed by atoms with E-state index in [-0.39, 0.29) is 5.56 Å². The average Bonchev–Trinajstić information content (AvgIpc) is 2.61. The highest BCUT2D eigenvalue weighted by Crippen LogP contribution is 2.26. The molecular weight excluding hydrogens is 334 g/mol. The van der Waals surface area contributed by atoms with Crippen LogP contribution >= 0.6 is 11.8 Å². The number of carbonyl (C=O) groups excluding carboxylic acids is 1. The third kappa shape index (κ3) is 3.44. The van der Waals surface area contributed by atoms with Gasteiger partial charge in [-0.1, -0.05) is 48.5 Å². The number of aromatic nitrogens is 2. The van der Waals surface area contributed by atoms with E-state index in [0.717, 1.165) is 11.3 Å². The number of aryl methyl sites for hydroxylation is 1. The van der Waals surface area contributed by atoms with E-state index in [1.807, 2.05) is 50.2 Å². The zero-order valence-corrected chi connectivity index (χ0v) is 14.9. The van der Waals surface area contributed by atoms with Gasteiger partial charge in [-0.15, -0.1) is 0 Å². The average molecular weight is 353 g/mol. The van der Waals surface area contributed by atoms with Crippen LogP contribution in [0.5, 0.6) is 0 Å². The lowest BCUT2D eigenvalue weighted by Crippen LogP contribution is -2.28. The minimum atomic E-state index is -0.440. The van der Waals surface area contributed by atoms with Crippen molar-refractivity contribution in [2.45, 2.75) is 30.7 Å². The largest absolute Gasteiger partial charge is 0.369 e. The molecule has 1 unspecified atom stereocenters. The molecule has 1 heterocycles. The molecule has 0 saturated heterocycles. The molecule has 0 aliphatic heterocycles. The minimum absolute atomic E-state index is 0.156. The minimum Gasteiger partial charge on any atom is -0.369 e. The van der Waals surface area contributed by atoms with Gasteiger partial charge in [-0.3, -0.25) is 14.2 Å². The molecule has 1 amide bonds. The van der Waals surface area contributed by atoms with Crippen LogP contribution in [0.3, 0.4) is 0 Å². The molecule has 128 valence electrons. The normalized spacial score (nSPS) is 12.2. The first-order valence-electron chi connectivity index (χ1n) is 8.06. The maximum atomic E-state index is 13.1. The number of hydrogen-bond acceptors (Lipinski definition) is 4. The van der Waals surface area contributed by atoms with Gasteiger partial charge in [0.05, 0.1) is 21.8 Å². The van der Waals surface area contributed by atoms with E-state index in [2.05, 4.69) is 4.98 Å². The van der Waals surface area contributed by atoms with Crippen molar-refractivity contribution in [3.63, 3.8) is 0 Å². The lowest BCUT2D eigenvalue weighted by molar-refractivity contribution is -0.117. The third-order valence-electron chi connectivity index (χ3n) is 3.97. The van der Waals surface area contributed by atoms with Crippen LogP contribution in [0.25, 0.3) is 16.6 Å². The zero-order chi connectivity index (χ0) is 18.0. The van der Waals surface area contributed by atoms with E-state index in [1.165, 1.54) is 11.8 Å². The third-order valence-corrected chi connectivity index (χ3v) is 5.31. The topological polar surface area (TPSA) is 78.0 Å². The number of amides is 1. The Labute approximate surface area is 149 Å². The lowest BCUT2D eigenvalue weighted by atomic mass is 10.2. The van der Waals surface area contributed by atoms with Gasteiger partial charge in [0.25, 0.3) is 5.56 Å². The number of para-hydroxylation sites is 1. The fourth-order valence-electron chi connectivity index (χ4n) is 2.58. The van der Waals surface area contributed by atoms with Crippen molar-refractivity contribution in [3.05, 3.63) is 64.4 Å². The van der Waals surface area contributed by atoms with E-state index in [4.69, 9.17) is 5.73 Å². The van der Waals surface area contributed by atoms with Crippen LogP contribution in [0.15, 0.2) is 58.5 Å². The molecule has 3 aromatic rings. The number of thioether (sulfide) groups is 1. The zero-order valence-electron chi connectivity index (χ0n) is 14.1. The summed E-state index contributed by atoms with van der Waals surface area (Å²) in [5.41, 5.74) is 7.75. The summed E-state index contributed by atoms with van der Waals surface area (Å²) in [4.78, 5) is 29.4. The number of rotatable bonds is 5. The van der Waals surface area contributed by atoms with Gasteiger partial charge < -0.3 is 5.73 Å². The molecule has 0 aliphatic carbocycles. The molecular formula is C19H19N3O2S. The molecule has 0 spiro atoms. The van der Waals surface area contributed by atoms with Gasteiger partial charge in [-0.05, 0) is 37.6 Å². The second-order valence-electron chi connectivity index (χ2n) is 5.80. The monoisotopic (exact) mass is 353 g/mol. The van der Waals surface area contributed by atoms with Gasteiger partial charge in [0.1, 0.15) is 0 Å². The number of fused-ring (bicyclic) bond motifs is 1. The quantitative estimate of drug-likeness (QED) is 0.565.